The Morgan fingerprint density at radius 3 is 2.63 bits per heavy atom. The van der Waals surface area contributed by atoms with E-state index in [1.54, 1.807) is 20.8 Å². The molecule has 19 heavy (non-hydrogen) atoms. The first-order chi connectivity index (χ1) is 8.69. The number of hydrogen-bond acceptors (Lipinski definition) is 4. The highest BCUT2D eigenvalue weighted by Crippen LogP contribution is 2.18. The Hall–Kier alpha value is -2.18. The van der Waals surface area contributed by atoms with Crippen LogP contribution in [0.2, 0.25) is 0 Å². The zero-order chi connectivity index (χ0) is 14.6. The van der Waals surface area contributed by atoms with Crippen LogP contribution in [0.1, 0.15) is 26.3 Å². The number of hydrogen-bond donors (Lipinski definition) is 1. The quantitative estimate of drug-likeness (QED) is 0.676. The van der Waals surface area contributed by atoms with Crippen LogP contribution in [0.15, 0.2) is 18.2 Å². The van der Waals surface area contributed by atoms with Crippen molar-refractivity contribution >= 4 is 11.8 Å². The minimum Gasteiger partial charge on any atom is -0.444 e. The smallest absolute Gasteiger partial charge is 0.407 e. The van der Waals surface area contributed by atoms with Gasteiger partial charge in [0.2, 0.25) is 5.82 Å². The maximum absolute atomic E-state index is 13.1. The summed E-state index contributed by atoms with van der Waals surface area (Å²) in [6, 6.07) is 3.43. The SMILES string of the molecule is CC(C)(C)OC(=O)NCc1ccc(F)c([N+](=O)[O-])c1. The van der Waals surface area contributed by atoms with Gasteiger partial charge in [-0.1, -0.05) is 6.07 Å². The van der Waals surface area contributed by atoms with Crippen molar-refractivity contribution in [2.24, 2.45) is 0 Å². The van der Waals surface area contributed by atoms with Crippen molar-refractivity contribution in [1.29, 1.82) is 0 Å². The first-order valence-corrected chi connectivity index (χ1v) is 5.59. The van der Waals surface area contributed by atoms with Crippen molar-refractivity contribution in [1.82, 2.24) is 5.32 Å². The molecule has 1 aromatic carbocycles. The van der Waals surface area contributed by atoms with Gasteiger partial charge < -0.3 is 10.1 Å². The van der Waals surface area contributed by atoms with E-state index in [4.69, 9.17) is 4.74 Å². The third-order valence-electron chi connectivity index (χ3n) is 2.04. The molecule has 0 radical (unpaired) electrons. The summed E-state index contributed by atoms with van der Waals surface area (Å²) in [6.07, 6.45) is -0.639. The Labute approximate surface area is 109 Å². The minimum absolute atomic E-state index is 0.0238. The summed E-state index contributed by atoms with van der Waals surface area (Å²) in [7, 11) is 0. The number of carbonyl (C=O) groups excluding carboxylic acids is 1. The largest absolute Gasteiger partial charge is 0.444 e. The molecule has 1 aromatic rings. The van der Waals surface area contributed by atoms with E-state index in [9.17, 15) is 19.3 Å². The number of nitrogens with one attached hydrogen (secondary N) is 1. The number of alkyl carbamates (subject to hydrolysis) is 1. The van der Waals surface area contributed by atoms with Crippen molar-refractivity contribution in [3.63, 3.8) is 0 Å². The second-order valence-corrected chi connectivity index (χ2v) is 4.90. The molecule has 1 amide bonds. The van der Waals surface area contributed by atoms with Gasteiger partial charge in [-0.05, 0) is 32.4 Å². The lowest BCUT2D eigenvalue weighted by molar-refractivity contribution is -0.387. The molecule has 0 aromatic heterocycles. The average Bonchev–Trinajstić information content (AvgIpc) is 2.25. The molecule has 0 fully saturated rings. The van der Waals surface area contributed by atoms with Gasteiger partial charge >= 0.3 is 11.8 Å². The zero-order valence-corrected chi connectivity index (χ0v) is 10.9. The van der Waals surface area contributed by atoms with Crippen molar-refractivity contribution in [3.05, 3.63) is 39.7 Å². The maximum atomic E-state index is 13.1. The molecule has 0 saturated carbocycles. The predicted octanol–water partition coefficient (Wildman–Crippen LogP) is 2.76. The number of amides is 1. The molecule has 0 unspecified atom stereocenters. The summed E-state index contributed by atoms with van der Waals surface area (Å²) in [5.74, 6) is -0.911. The number of rotatable bonds is 3. The Balaban J connectivity index is 2.66. The highest BCUT2D eigenvalue weighted by Gasteiger charge is 2.17. The molecule has 0 saturated heterocycles. The lowest BCUT2D eigenvalue weighted by atomic mass is 10.2. The van der Waals surface area contributed by atoms with Crippen LogP contribution >= 0.6 is 0 Å². The van der Waals surface area contributed by atoms with E-state index in [0.717, 1.165) is 12.1 Å². The standard InChI is InChI=1S/C12H15FN2O4/c1-12(2,3)19-11(16)14-7-8-4-5-9(13)10(6-8)15(17)18/h4-6H,7H2,1-3H3,(H,14,16). The Morgan fingerprint density at radius 1 is 1.47 bits per heavy atom. The molecule has 0 aliphatic heterocycles. The van der Waals surface area contributed by atoms with E-state index >= 15 is 0 Å². The van der Waals surface area contributed by atoms with Crippen LogP contribution in [-0.4, -0.2) is 16.6 Å². The van der Waals surface area contributed by atoms with Gasteiger partial charge in [-0.25, -0.2) is 4.79 Å². The van der Waals surface area contributed by atoms with Crippen LogP contribution in [-0.2, 0) is 11.3 Å². The molecule has 7 heteroatoms. The van der Waals surface area contributed by atoms with E-state index in [0.29, 0.717) is 5.56 Å². The van der Waals surface area contributed by atoms with Crippen LogP contribution in [0, 0.1) is 15.9 Å². The molecule has 0 spiro atoms. The van der Waals surface area contributed by atoms with Gasteiger partial charge in [0.15, 0.2) is 0 Å². The van der Waals surface area contributed by atoms with Gasteiger partial charge in [-0.2, -0.15) is 4.39 Å². The summed E-state index contributed by atoms with van der Waals surface area (Å²) in [5.41, 5.74) is -0.832. The first-order valence-electron chi connectivity index (χ1n) is 5.59. The van der Waals surface area contributed by atoms with Crippen molar-refractivity contribution in [3.8, 4) is 0 Å². The molecule has 1 rings (SSSR count). The van der Waals surface area contributed by atoms with Crippen LogP contribution in [0.25, 0.3) is 0 Å². The normalized spacial score (nSPS) is 10.9. The number of nitro groups is 1. The molecule has 0 heterocycles. The summed E-state index contributed by atoms with van der Waals surface area (Å²) in [5, 5.41) is 13.0. The predicted molar refractivity (Wildman–Crippen MR) is 66.1 cm³/mol. The Kier molecular flexibility index (Phi) is 4.42. The van der Waals surface area contributed by atoms with Gasteiger partial charge in [0.25, 0.3) is 0 Å². The van der Waals surface area contributed by atoms with Crippen LogP contribution < -0.4 is 5.32 Å². The number of nitrogens with zero attached hydrogens (tertiary/aromatic N) is 1. The van der Waals surface area contributed by atoms with Gasteiger partial charge in [0.05, 0.1) is 4.92 Å². The Bertz CT molecular complexity index is 497. The van der Waals surface area contributed by atoms with Gasteiger partial charge in [0, 0.05) is 12.6 Å². The fraction of sp³-hybridized carbons (Fsp3) is 0.417. The molecule has 0 atom stereocenters. The number of ether oxygens (including phenoxy) is 1. The molecule has 1 N–H and O–H groups in total. The second kappa shape index (κ2) is 5.64. The van der Waals surface area contributed by atoms with Crippen LogP contribution in [0.3, 0.4) is 0 Å². The van der Waals surface area contributed by atoms with Crippen molar-refractivity contribution in [2.45, 2.75) is 32.9 Å². The first kappa shape index (κ1) is 14.9. The topological polar surface area (TPSA) is 81.5 Å². The highest BCUT2D eigenvalue weighted by molar-refractivity contribution is 5.67. The number of nitro benzene ring substituents is 1. The fourth-order valence-corrected chi connectivity index (χ4v) is 1.30. The monoisotopic (exact) mass is 270 g/mol. The number of benzene rings is 1. The van der Waals surface area contributed by atoms with Crippen LogP contribution in [0.4, 0.5) is 14.9 Å². The lowest BCUT2D eigenvalue weighted by Crippen LogP contribution is -2.32. The number of carbonyl (C=O) groups is 1. The fourth-order valence-electron chi connectivity index (χ4n) is 1.30. The van der Waals surface area contributed by atoms with Crippen LogP contribution in [0.5, 0.6) is 0 Å². The molecule has 0 bridgehead atoms. The summed E-state index contributed by atoms with van der Waals surface area (Å²) < 4.78 is 18.1. The summed E-state index contributed by atoms with van der Waals surface area (Å²) in [4.78, 5) is 21.1. The summed E-state index contributed by atoms with van der Waals surface area (Å²) >= 11 is 0. The molecule has 0 aliphatic carbocycles. The average molecular weight is 270 g/mol. The van der Waals surface area contributed by atoms with Gasteiger partial charge in [0.1, 0.15) is 5.60 Å². The van der Waals surface area contributed by atoms with E-state index in [-0.39, 0.29) is 6.54 Å². The van der Waals surface area contributed by atoms with E-state index in [2.05, 4.69) is 5.32 Å². The molecule has 104 valence electrons. The van der Waals surface area contributed by atoms with E-state index < -0.39 is 28.1 Å². The van der Waals surface area contributed by atoms with Crippen molar-refractivity contribution in [2.75, 3.05) is 0 Å². The lowest BCUT2D eigenvalue weighted by Gasteiger charge is -2.19. The molecular weight excluding hydrogens is 255 g/mol. The zero-order valence-electron chi connectivity index (χ0n) is 10.9. The Morgan fingerprint density at radius 2 is 2.11 bits per heavy atom. The molecule has 6 nitrogen and oxygen atoms in total. The van der Waals surface area contributed by atoms with Gasteiger partial charge in [-0.15, -0.1) is 0 Å². The second-order valence-electron chi connectivity index (χ2n) is 4.90. The highest BCUT2D eigenvalue weighted by atomic mass is 19.1. The van der Waals surface area contributed by atoms with E-state index in [1.807, 2.05) is 0 Å². The summed E-state index contributed by atoms with van der Waals surface area (Å²) in [6.45, 7) is 5.18. The number of halogens is 1. The third kappa shape index (κ3) is 4.90. The third-order valence-corrected chi connectivity index (χ3v) is 2.04. The van der Waals surface area contributed by atoms with E-state index in [1.165, 1.54) is 6.07 Å². The molecular formula is C12H15FN2O4. The van der Waals surface area contributed by atoms with Crippen molar-refractivity contribution < 1.29 is 18.8 Å². The van der Waals surface area contributed by atoms with Gasteiger partial charge in [-0.3, -0.25) is 10.1 Å². The maximum Gasteiger partial charge on any atom is 0.407 e. The molecule has 0 aliphatic rings. The minimum atomic E-state index is -0.911.